The average Bonchev–Trinajstić information content (AvgIpc) is 3.07. The van der Waals surface area contributed by atoms with Crippen molar-refractivity contribution < 1.29 is 43.9 Å². The molecule has 13 heteroatoms. The number of rotatable bonds is 6. The summed E-state index contributed by atoms with van der Waals surface area (Å²) < 4.78 is 25.6. The molecule has 1 aromatic rings. The first-order chi connectivity index (χ1) is 22.8. The maximum Gasteiger partial charge on any atom is 0.338 e. The highest BCUT2D eigenvalue weighted by Gasteiger charge is 2.77. The van der Waals surface area contributed by atoms with Crippen LogP contribution in [-0.2, 0) is 23.7 Å². The minimum Gasteiger partial charge on any atom is -0.455 e. The Labute approximate surface area is 299 Å². The van der Waals surface area contributed by atoms with Crippen molar-refractivity contribution in [2.45, 2.75) is 105 Å². The minimum absolute atomic E-state index is 0.0924. The lowest BCUT2D eigenvalue weighted by atomic mass is 9.44. The number of aliphatic hydroxyl groups is 3. The molecule has 3 aliphatic carbocycles. The number of esters is 1. The minimum atomic E-state index is -1.92. The molecule has 3 heterocycles. The maximum atomic E-state index is 15.7. The van der Waals surface area contributed by atoms with E-state index in [1.54, 1.807) is 91.2 Å². The number of ketones is 1. The fraction of sp³-hybridized carbons (Fsp3) is 0.714. The van der Waals surface area contributed by atoms with Crippen LogP contribution in [0, 0.1) is 16.7 Å². The summed E-state index contributed by atoms with van der Waals surface area (Å²) in [6.07, 6.45) is -2.94. The van der Waals surface area contributed by atoms with Crippen LogP contribution in [0.5, 0.6) is 0 Å². The summed E-state index contributed by atoms with van der Waals surface area (Å²) in [5.41, 5.74) is -4.90. The number of hydrogen-bond acceptors (Lipinski definition) is 13. The molecule has 3 N–H and O–H groups in total. The molecule has 48 heavy (non-hydrogen) atoms. The molecule has 0 spiro atoms. The Hall–Kier alpha value is -0.740. The van der Waals surface area contributed by atoms with E-state index >= 15 is 4.79 Å². The number of hydrogen-bond donors (Lipinski definition) is 3. The van der Waals surface area contributed by atoms with Crippen LogP contribution < -0.4 is 0 Å². The second-order valence-corrected chi connectivity index (χ2v) is 19.9. The quantitative estimate of drug-likeness (QED) is 0.271. The summed E-state index contributed by atoms with van der Waals surface area (Å²) in [5, 5.41) is 37.5. The van der Waals surface area contributed by atoms with Crippen molar-refractivity contribution in [1.29, 1.82) is 0 Å². The van der Waals surface area contributed by atoms with E-state index in [0.717, 1.165) is 35.9 Å². The molecule has 5 fully saturated rings. The topological polar surface area (TPSA) is 132 Å². The number of carbonyl (C=O) groups is 2. The molecule has 3 saturated heterocycles. The normalized spacial score (nSPS) is 41.8. The molecule has 0 aromatic heterocycles. The molecule has 0 radical (unpaired) electrons. The fourth-order valence-electron chi connectivity index (χ4n) is 8.87. The van der Waals surface area contributed by atoms with Gasteiger partial charge in [-0.25, -0.2) is 4.79 Å². The van der Waals surface area contributed by atoms with Gasteiger partial charge in [0.25, 0.3) is 0 Å². The van der Waals surface area contributed by atoms with Gasteiger partial charge >= 0.3 is 5.97 Å². The van der Waals surface area contributed by atoms with Crippen molar-refractivity contribution in [2.24, 2.45) is 16.7 Å². The Morgan fingerprint density at radius 1 is 0.938 bits per heavy atom. The Morgan fingerprint density at radius 3 is 2.12 bits per heavy atom. The van der Waals surface area contributed by atoms with E-state index in [1.807, 2.05) is 13.8 Å². The second-order valence-electron chi connectivity index (χ2n) is 14.6. The molecule has 0 amide bonds. The Morgan fingerprint density at radius 2 is 1.54 bits per heavy atom. The van der Waals surface area contributed by atoms with Gasteiger partial charge in [-0.3, -0.25) is 4.79 Å². The summed E-state index contributed by atoms with van der Waals surface area (Å²) in [6.45, 7) is 7.18. The van der Waals surface area contributed by atoms with Gasteiger partial charge in [-0.05, 0) is 73.0 Å². The summed E-state index contributed by atoms with van der Waals surface area (Å²) in [5.74, 6) is 1.52. The predicted molar refractivity (Wildman–Crippen MR) is 190 cm³/mol. The van der Waals surface area contributed by atoms with Crippen LogP contribution in [-0.4, -0.2) is 108 Å². The summed E-state index contributed by atoms with van der Waals surface area (Å²) in [4.78, 5) is 29.7. The number of ether oxygens (including phenoxy) is 4. The molecule has 9 atom stereocenters. The van der Waals surface area contributed by atoms with Gasteiger partial charge in [0.2, 0.25) is 0 Å². The lowest BCUT2D eigenvalue weighted by Gasteiger charge is -2.67. The zero-order valence-electron chi connectivity index (χ0n) is 27.8. The molecule has 0 unspecified atom stereocenters. The van der Waals surface area contributed by atoms with Gasteiger partial charge in [-0.1, -0.05) is 32.0 Å². The van der Waals surface area contributed by atoms with Crippen LogP contribution in [0.1, 0.15) is 63.7 Å². The Bertz CT molecular complexity index is 1430. The highest BCUT2D eigenvalue weighted by atomic mass is 32.2. The zero-order valence-corrected chi connectivity index (χ0v) is 31.1. The van der Waals surface area contributed by atoms with Gasteiger partial charge in [0.15, 0.2) is 10.6 Å². The summed E-state index contributed by atoms with van der Waals surface area (Å²) in [6, 6.07) is 8.52. The predicted octanol–water partition coefficient (Wildman–Crippen LogP) is 4.87. The van der Waals surface area contributed by atoms with E-state index in [4.69, 9.17) is 18.9 Å². The van der Waals surface area contributed by atoms with E-state index < -0.39 is 64.4 Å². The van der Waals surface area contributed by atoms with Crippen molar-refractivity contribution in [1.82, 2.24) is 0 Å². The third-order valence-corrected chi connectivity index (χ3v) is 17.0. The molecule has 7 rings (SSSR count). The van der Waals surface area contributed by atoms with Crippen molar-refractivity contribution in [3.63, 3.8) is 0 Å². The highest BCUT2D eigenvalue weighted by Crippen LogP contribution is 2.64. The molecule has 6 aliphatic rings. The molecule has 3 aliphatic heterocycles. The number of benzene rings is 1. The molecular formula is C35H46O9S4. The first-order valence-corrected chi connectivity index (χ1v) is 21.0. The number of Topliss-reactive ketones (excluding diaryl/α,β-unsaturated/α-hetero) is 1. The Balaban J connectivity index is 1.44. The average molecular weight is 739 g/mol. The van der Waals surface area contributed by atoms with Crippen LogP contribution in [0.3, 0.4) is 0 Å². The number of thioether (sulfide) groups is 4. The van der Waals surface area contributed by atoms with Crippen LogP contribution >= 0.6 is 47.0 Å². The SMILES string of the molecule is CC1=C2[C@@H](OC3SCCCS3)C(=O)[C@]3(C)[C@@H](OC4SCCCS4)C[C@H]4OC[C@@]4(O)[C@H]3[C@H](OC(=O)c3ccccc3)[C@](O)(C[C@@H]1O)C2(C)C. The van der Waals surface area contributed by atoms with E-state index in [-0.39, 0.29) is 40.3 Å². The smallest absolute Gasteiger partial charge is 0.338 e. The lowest BCUT2D eigenvalue weighted by Crippen LogP contribution is -2.81. The van der Waals surface area contributed by atoms with Crippen LogP contribution in [0.2, 0.25) is 0 Å². The van der Waals surface area contributed by atoms with Gasteiger partial charge < -0.3 is 34.3 Å². The fourth-order valence-corrected chi connectivity index (χ4v) is 14.0. The van der Waals surface area contributed by atoms with Crippen molar-refractivity contribution >= 4 is 58.8 Å². The van der Waals surface area contributed by atoms with Gasteiger partial charge in [-0.15, -0.1) is 47.0 Å². The maximum absolute atomic E-state index is 15.7. The first kappa shape index (κ1) is 35.7. The molecule has 9 nitrogen and oxygen atoms in total. The number of carbonyl (C=O) groups excluding carboxylic acids is 2. The second kappa shape index (κ2) is 13.3. The Kier molecular flexibility index (Phi) is 9.91. The molecule has 1 aromatic carbocycles. The molecule has 2 saturated carbocycles. The van der Waals surface area contributed by atoms with Crippen molar-refractivity contribution in [2.75, 3.05) is 29.6 Å². The van der Waals surface area contributed by atoms with E-state index in [0.29, 0.717) is 11.1 Å². The van der Waals surface area contributed by atoms with Crippen LogP contribution in [0.4, 0.5) is 0 Å². The van der Waals surface area contributed by atoms with Gasteiger partial charge in [0, 0.05) is 24.2 Å². The lowest BCUT2D eigenvalue weighted by molar-refractivity contribution is -0.346. The molecule has 264 valence electrons. The third kappa shape index (κ3) is 5.65. The zero-order chi connectivity index (χ0) is 34.1. The van der Waals surface area contributed by atoms with Crippen molar-refractivity contribution in [3.05, 3.63) is 47.0 Å². The molecular weight excluding hydrogens is 693 g/mol. The van der Waals surface area contributed by atoms with E-state index in [1.165, 1.54) is 0 Å². The number of aliphatic hydroxyl groups excluding tert-OH is 1. The van der Waals surface area contributed by atoms with Gasteiger partial charge in [0.05, 0.1) is 35.9 Å². The monoisotopic (exact) mass is 738 g/mol. The van der Waals surface area contributed by atoms with Gasteiger partial charge in [0.1, 0.15) is 28.2 Å². The number of fused-ring (bicyclic) bond motifs is 5. The van der Waals surface area contributed by atoms with E-state index in [2.05, 4.69) is 0 Å². The largest absolute Gasteiger partial charge is 0.455 e. The van der Waals surface area contributed by atoms with Gasteiger partial charge in [-0.2, -0.15) is 0 Å². The van der Waals surface area contributed by atoms with E-state index in [9.17, 15) is 20.1 Å². The summed E-state index contributed by atoms with van der Waals surface area (Å²) >= 11 is 6.67. The van der Waals surface area contributed by atoms with Crippen LogP contribution in [0.15, 0.2) is 41.5 Å². The van der Waals surface area contributed by atoms with Crippen molar-refractivity contribution in [3.8, 4) is 0 Å². The first-order valence-electron chi connectivity index (χ1n) is 16.9. The van der Waals surface area contributed by atoms with Crippen LogP contribution in [0.25, 0.3) is 0 Å². The third-order valence-electron chi connectivity index (χ3n) is 11.7. The molecule has 2 bridgehead atoms. The highest BCUT2D eigenvalue weighted by molar-refractivity contribution is 8.17. The summed E-state index contributed by atoms with van der Waals surface area (Å²) in [7, 11) is 0. The standard InChI is InChI=1S/C35H46O9S4/c1-19-21(36)17-35(40)28(44-29(38)20-10-6-5-7-11-20)26-33(4,22(16-23-34(26,39)18-41-23)42-30-45-12-8-13-46-30)27(37)25(24(19)32(35,2)3)43-31-47-14-9-15-48-31/h5-7,10-11,21-23,25-26,28,30-31,36,39-40H,8-9,12-18H2,1-4H3/t21-,22-,23+,25+,26-,28-,33+,34-,35+/m0/s1.